The van der Waals surface area contributed by atoms with Crippen LogP contribution < -0.4 is 0 Å². The maximum atomic E-state index is 12.7. The number of fused-ring (bicyclic) bond motifs is 26. The average Bonchev–Trinajstić information content (AvgIpc) is 1.53. The molecule has 13 nitrogen and oxygen atoms in total. The van der Waals surface area contributed by atoms with Crippen molar-refractivity contribution < 1.29 is 57.2 Å². The van der Waals surface area contributed by atoms with Crippen LogP contribution in [0.2, 0.25) is 0 Å². The summed E-state index contributed by atoms with van der Waals surface area (Å²) in [6.45, 7) is 43.3. The van der Waals surface area contributed by atoms with Crippen LogP contribution in [-0.4, -0.2) is 83.1 Å². The van der Waals surface area contributed by atoms with Crippen molar-refractivity contribution in [3.05, 3.63) is 0 Å². The van der Waals surface area contributed by atoms with Gasteiger partial charge in [0.2, 0.25) is 11.8 Å². The summed E-state index contributed by atoms with van der Waals surface area (Å²) >= 11 is 0. The van der Waals surface area contributed by atoms with Crippen molar-refractivity contribution in [3.8, 4) is 0 Å². The smallest absolute Gasteiger partial charge is 0.311 e. The molecule has 0 radical (unpaired) electrons. The highest BCUT2D eigenvalue weighted by atomic mass is 16.6. The standard InChI is InChI=1S/C18H28O2.C17H25NO2.2C16H26O2.C16H28O2.C13H22O2/c1-4-18(2,3)17(19)20-14-9-12-8-13(14)16-11-6-5-10(7-11)15(12)16;1-4-17(2,3)16(20)18-14-12-8-11(13(14)15(18)19)9-6-5-7-10(9)12;1-4-16(2,3)15(17)18-14-12-6-10-5-11(8-12)9-13(14)7-10;1-4-16(2,3)15(17)18-14-9-10-8-13(14)12-7-5-6-11(10)12;1-7-14(2,3)13(17)18-12-10-11-8-9-16(12,6)15(11,4)5;1-4-13(2,3)12(14)15-11-8-9-5-6-10(11)7-9/h10-16H,4-9H2,1-3H3;9-14H,4-8H2,1-3H3;2*10-14H,4-9H2,1-3H3;11-12H,7-10H2,1-6H3;9-11H,4-8H2,1-3H3. The number of ether oxygens (including phenoxy) is 5. The molecule has 24 atom stereocenters. The molecule has 1 saturated heterocycles. The Morgan fingerprint density at radius 2 is 0.798 bits per heavy atom. The van der Waals surface area contributed by atoms with E-state index in [1.807, 2.05) is 104 Å². The van der Waals surface area contributed by atoms with Gasteiger partial charge in [-0.3, -0.25) is 38.5 Å². The van der Waals surface area contributed by atoms with Crippen LogP contribution in [0.1, 0.15) is 351 Å². The molecule has 0 N–H and O–H groups in total. The van der Waals surface area contributed by atoms with Gasteiger partial charge in [-0.1, -0.05) is 89.0 Å². The Morgan fingerprint density at radius 1 is 0.358 bits per heavy atom. The predicted octanol–water partition coefficient (Wildman–Crippen LogP) is 21.8. The number of rotatable bonds is 17. The number of nitrogens with zero attached hydrogens (tertiary/aromatic N) is 1. The van der Waals surface area contributed by atoms with E-state index >= 15 is 0 Å². The summed E-state index contributed by atoms with van der Waals surface area (Å²) in [5.41, 5.74) is -1.48. The van der Waals surface area contributed by atoms with E-state index in [9.17, 15) is 33.6 Å². The molecule has 13 heteroatoms. The number of imide groups is 1. The van der Waals surface area contributed by atoms with Crippen LogP contribution in [0.15, 0.2) is 0 Å². The first-order valence-electron chi connectivity index (χ1n) is 46.1. The molecular weight excluding hydrogens is 1360 g/mol. The van der Waals surface area contributed by atoms with Gasteiger partial charge in [-0.25, -0.2) is 0 Å². The van der Waals surface area contributed by atoms with Crippen molar-refractivity contribution in [1.82, 2.24) is 4.90 Å². The summed E-state index contributed by atoms with van der Waals surface area (Å²) in [6.07, 6.45) is 40.4. The largest absolute Gasteiger partial charge is 0.462 e. The molecule has 19 fully saturated rings. The Balaban J connectivity index is 0.000000115. The van der Waals surface area contributed by atoms with E-state index in [4.69, 9.17) is 23.7 Å². The minimum absolute atomic E-state index is 0.00236. The van der Waals surface area contributed by atoms with E-state index in [1.54, 1.807) is 4.90 Å². The number of hydrogen-bond donors (Lipinski definition) is 0. The van der Waals surface area contributed by atoms with Crippen molar-refractivity contribution in [3.63, 3.8) is 0 Å². The van der Waals surface area contributed by atoms with Gasteiger partial charge in [0.1, 0.15) is 30.5 Å². The van der Waals surface area contributed by atoms with E-state index in [2.05, 4.69) is 41.5 Å². The number of amides is 2. The lowest BCUT2D eigenvalue weighted by Gasteiger charge is -2.53. The first-order chi connectivity index (χ1) is 51.2. The van der Waals surface area contributed by atoms with Crippen LogP contribution in [0.3, 0.4) is 0 Å². The first-order valence-corrected chi connectivity index (χ1v) is 46.1. The summed E-state index contributed by atoms with van der Waals surface area (Å²) in [7, 11) is 0. The van der Waals surface area contributed by atoms with Gasteiger partial charge < -0.3 is 23.7 Å². The molecule has 109 heavy (non-hydrogen) atoms. The van der Waals surface area contributed by atoms with Gasteiger partial charge in [-0.2, -0.15) is 0 Å². The Labute approximate surface area is 661 Å². The molecule has 0 aromatic heterocycles. The SMILES string of the molecule is CCC(C)(C)C(=O)N1C(=O)C2C3CC(C4CCCC43)C21.CCC(C)(C)C(=O)OC1C2CC3CC(C2)CC1C3.CCC(C)(C)C(=O)OC1CC2CC1C1C3CCC(C3)C21.CCC(C)(C)C(=O)OC1CC2CC1C1CCCC21.CCC(C)(C)C(=O)OC1CC2CCC1(C)C2(C)C.CCC(C)(C)C(=O)OC1CC2CCC1C2. The minimum atomic E-state index is -0.391. The second kappa shape index (κ2) is 31.2. The topological polar surface area (TPSA) is 169 Å². The maximum Gasteiger partial charge on any atom is 0.311 e. The van der Waals surface area contributed by atoms with Crippen LogP contribution in [-0.2, 0) is 57.2 Å². The Kier molecular flexibility index (Phi) is 23.9. The third kappa shape index (κ3) is 15.3. The van der Waals surface area contributed by atoms with Crippen LogP contribution in [0.4, 0.5) is 0 Å². The maximum absolute atomic E-state index is 12.7. The lowest BCUT2D eigenvalue weighted by Crippen LogP contribution is -2.68. The van der Waals surface area contributed by atoms with Crippen molar-refractivity contribution in [2.24, 2.45) is 174 Å². The lowest BCUT2D eigenvalue weighted by molar-refractivity contribution is -0.180. The molecular formula is C96H155NO12. The number of likely N-dealkylation sites (tertiary alicyclic amines) is 1. The quantitative estimate of drug-likeness (QED) is 0.0586. The summed E-state index contributed by atoms with van der Waals surface area (Å²) in [4.78, 5) is 87.9. The molecule has 1 heterocycles. The van der Waals surface area contributed by atoms with Gasteiger partial charge >= 0.3 is 29.8 Å². The zero-order chi connectivity index (χ0) is 78.9. The molecule has 616 valence electrons. The number of β-lactam (4-membered cyclic amide) rings is 1. The lowest BCUT2D eigenvalue weighted by atomic mass is 9.55. The highest BCUT2D eigenvalue weighted by Crippen LogP contribution is 2.70. The normalized spacial score (nSPS) is 42.1. The van der Waals surface area contributed by atoms with Crippen molar-refractivity contribution in [2.45, 2.75) is 387 Å². The van der Waals surface area contributed by atoms with Gasteiger partial charge in [0.15, 0.2) is 0 Å². The van der Waals surface area contributed by atoms with E-state index in [0.29, 0.717) is 46.8 Å². The van der Waals surface area contributed by atoms with Crippen molar-refractivity contribution >= 4 is 41.7 Å². The van der Waals surface area contributed by atoms with E-state index in [-0.39, 0.29) is 117 Å². The van der Waals surface area contributed by atoms with Gasteiger partial charge in [0.05, 0.1) is 39.0 Å². The molecule has 0 spiro atoms. The first kappa shape index (κ1) is 83.4. The van der Waals surface area contributed by atoms with Gasteiger partial charge in [-0.05, 0) is 392 Å². The summed E-state index contributed by atoms with van der Waals surface area (Å²) in [6, 6.07) is 0.269. The zero-order valence-corrected chi connectivity index (χ0v) is 72.6. The fourth-order valence-corrected chi connectivity index (χ4v) is 27.4. The fourth-order valence-electron chi connectivity index (χ4n) is 27.4. The zero-order valence-electron chi connectivity index (χ0n) is 72.6. The number of carbonyl (C=O) groups is 7. The molecule has 16 bridgehead atoms. The Hall–Kier alpha value is -3.51. The molecule has 18 saturated carbocycles. The van der Waals surface area contributed by atoms with Crippen molar-refractivity contribution in [2.75, 3.05) is 0 Å². The van der Waals surface area contributed by atoms with Crippen molar-refractivity contribution in [1.29, 1.82) is 0 Å². The highest BCUT2D eigenvalue weighted by molar-refractivity contribution is 6.04. The molecule has 19 rings (SSSR count). The average molecular weight is 1520 g/mol. The van der Waals surface area contributed by atoms with Gasteiger partial charge in [0.25, 0.3) is 0 Å². The fraction of sp³-hybridized carbons (Fsp3) is 0.927. The summed E-state index contributed by atoms with van der Waals surface area (Å²) < 4.78 is 29.4. The highest BCUT2D eigenvalue weighted by Gasteiger charge is 2.71. The monoisotopic (exact) mass is 1510 g/mol. The van der Waals surface area contributed by atoms with E-state index in [0.717, 1.165) is 141 Å². The second-order valence-electron chi connectivity index (χ2n) is 45.1. The second-order valence-corrected chi connectivity index (χ2v) is 45.1. The van der Waals surface area contributed by atoms with E-state index < -0.39 is 5.41 Å². The predicted molar refractivity (Wildman–Crippen MR) is 428 cm³/mol. The van der Waals surface area contributed by atoms with E-state index in [1.165, 1.54) is 148 Å². The summed E-state index contributed by atoms with van der Waals surface area (Å²) in [5.74, 6) is 17.8. The van der Waals surface area contributed by atoms with Gasteiger partial charge in [0, 0.05) is 10.8 Å². The van der Waals surface area contributed by atoms with Crippen LogP contribution >= 0.6 is 0 Å². The number of carbonyl (C=O) groups excluding carboxylic acids is 7. The summed E-state index contributed by atoms with van der Waals surface area (Å²) in [5, 5.41) is 0. The third-order valence-corrected chi connectivity index (χ3v) is 37.1. The number of esters is 5. The molecule has 0 aromatic rings. The molecule has 18 aliphatic carbocycles. The Morgan fingerprint density at radius 3 is 1.28 bits per heavy atom. The van der Waals surface area contributed by atoms with Crippen LogP contribution in [0, 0.1) is 174 Å². The minimum Gasteiger partial charge on any atom is -0.462 e. The Bertz CT molecular complexity index is 3290. The van der Waals surface area contributed by atoms with Gasteiger partial charge in [-0.15, -0.1) is 0 Å². The van der Waals surface area contributed by atoms with Crippen LogP contribution in [0.5, 0.6) is 0 Å². The number of hydrogen-bond acceptors (Lipinski definition) is 12. The molecule has 0 aromatic carbocycles. The van der Waals surface area contributed by atoms with Crippen LogP contribution in [0.25, 0.3) is 0 Å². The molecule has 19 aliphatic rings. The third-order valence-electron chi connectivity index (χ3n) is 37.1. The molecule has 24 unspecified atom stereocenters. The molecule has 1 aliphatic heterocycles. The molecule has 2 amide bonds.